The molecule has 1 amide bonds. The predicted octanol–water partition coefficient (Wildman–Crippen LogP) is 3.94. The Balaban J connectivity index is 1.49. The lowest BCUT2D eigenvalue weighted by molar-refractivity contribution is -0.115. The molecule has 1 unspecified atom stereocenters. The molecule has 0 radical (unpaired) electrons. The number of thioether (sulfide) groups is 1. The summed E-state index contributed by atoms with van der Waals surface area (Å²) < 4.78 is 12.2. The van der Waals surface area contributed by atoms with E-state index in [4.69, 9.17) is 14.5 Å². The molecular formula is C24H20N4O4S. The Morgan fingerprint density at radius 3 is 2.79 bits per heavy atom. The van der Waals surface area contributed by atoms with E-state index in [0.717, 1.165) is 5.56 Å². The van der Waals surface area contributed by atoms with E-state index in [9.17, 15) is 9.59 Å². The molecule has 3 heterocycles. The fraction of sp³-hybridized carbons (Fsp3) is 0.167. The van der Waals surface area contributed by atoms with Crippen LogP contribution in [0.3, 0.4) is 0 Å². The summed E-state index contributed by atoms with van der Waals surface area (Å²) in [7, 11) is 0. The third-order valence-electron chi connectivity index (χ3n) is 5.23. The molecule has 2 aromatic heterocycles. The van der Waals surface area contributed by atoms with Crippen molar-refractivity contribution in [3.05, 3.63) is 76.7 Å². The molecule has 8 nitrogen and oxygen atoms in total. The summed E-state index contributed by atoms with van der Waals surface area (Å²) in [5.74, 6) is 1.49. The third-order valence-corrected chi connectivity index (χ3v) is 6.28. The largest absolute Gasteiger partial charge is 0.454 e. The maximum Gasteiger partial charge on any atom is 0.267 e. The Bertz CT molecular complexity index is 1440. The van der Waals surface area contributed by atoms with Gasteiger partial charge < -0.3 is 14.8 Å². The van der Waals surface area contributed by atoms with Crippen molar-refractivity contribution in [2.45, 2.75) is 24.3 Å². The van der Waals surface area contributed by atoms with Gasteiger partial charge in [0.1, 0.15) is 5.82 Å². The molecule has 0 saturated carbocycles. The zero-order valence-electron chi connectivity index (χ0n) is 17.9. The number of para-hydroxylation sites is 1. The van der Waals surface area contributed by atoms with Crippen molar-refractivity contribution in [3.8, 4) is 17.3 Å². The lowest BCUT2D eigenvalue weighted by atomic mass is 10.2. The van der Waals surface area contributed by atoms with Gasteiger partial charge in [-0.2, -0.15) is 0 Å². The van der Waals surface area contributed by atoms with Crippen LogP contribution in [0.2, 0.25) is 0 Å². The number of ether oxygens (including phenoxy) is 2. The molecule has 1 aliphatic rings. The first kappa shape index (κ1) is 21.0. The molecule has 4 aromatic rings. The number of rotatable bonds is 5. The summed E-state index contributed by atoms with van der Waals surface area (Å²) in [4.78, 5) is 35.5. The van der Waals surface area contributed by atoms with Crippen molar-refractivity contribution < 1.29 is 14.3 Å². The highest BCUT2D eigenvalue weighted by atomic mass is 32.2. The molecule has 33 heavy (non-hydrogen) atoms. The van der Waals surface area contributed by atoms with E-state index in [1.807, 2.05) is 25.1 Å². The van der Waals surface area contributed by atoms with Crippen molar-refractivity contribution >= 4 is 34.3 Å². The number of aryl methyl sites for hydroxylation is 1. The van der Waals surface area contributed by atoms with Gasteiger partial charge >= 0.3 is 0 Å². The number of amides is 1. The minimum absolute atomic E-state index is 0.164. The highest BCUT2D eigenvalue weighted by Gasteiger charge is 2.22. The Hall–Kier alpha value is -3.85. The lowest BCUT2D eigenvalue weighted by Crippen LogP contribution is -2.27. The monoisotopic (exact) mass is 460 g/mol. The highest BCUT2D eigenvalue weighted by Crippen LogP contribution is 2.34. The topological polar surface area (TPSA) is 95.3 Å². The van der Waals surface area contributed by atoms with Crippen molar-refractivity contribution in [1.29, 1.82) is 0 Å². The summed E-state index contributed by atoms with van der Waals surface area (Å²) >= 11 is 1.20. The number of fused-ring (bicyclic) bond motifs is 2. The van der Waals surface area contributed by atoms with Crippen molar-refractivity contribution in [3.63, 3.8) is 0 Å². The van der Waals surface area contributed by atoms with Crippen molar-refractivity contribution in [2.24, 2.45) is 0 Å². The van der Waals surface area contributed by atoms with Crippen molar-refractivity contribution in [2.75, 3.05) is 12.1 Å². The minimum atomic E-state index is -0.543. The van der Waals surface area contributed by atoms with Crippen LogP contribution >= 0.6 is 11.8 Å². The summed E-state index contributed by atoms with van der Waals surface area (Å²) in [6, 6.07) is 16.1. The van der Waals surface area contributed by atoms with Gasteiger partial charge in [0, 0.05) is 18.0 Å². The van der Waals surface area contributed by atoms with Gasteiger partial charge in [0.15, 0.2) is 16.7 Å². The average Bonchev–Trinajstić information content (AvgIpc) is 3.28. The smallest absolute Gasteiger partial charge is 0.267 e. The van der Waals surface area contributed by atoms with Gasteiger partial charge in [0.25, 0.3) is 5.56 Å². The van der Waals surface area contributed by atoms with Crippen LogP contribution in [0.5, 0.6) is 11.5 Å². The molecule has 1 atom stereocenters. The number of benzene rings is 2. The zero-order valence-corrected chi connectivity index (χ0v) is 18.8. The van der Waals surface area contributed by atoms with Gasteiger partial charge in [-0.15, -0.1) is 0 Å². The minimum Gasteiger partial charge on any atom is -0.454 e. The fourth-order valence-electron chi connectivity index (χ4n) is 3.52. The average molecular weight is 461 g/mol. The molecule has 2 aromatic carbocycles. The van der Waals surface area contributed by atoms with Crippen LogP contribution in [0, 0.1) is 6.92 Å². The SMILES string of the molecule is Cc1cccnc1-n1c(SC(C)C(=O)Nc2ccc3c(c2)OCO3)nc2ccccc2c1=O. The highest BCUT2D eigenvalue weighted by molar-refractivity contribution is 8.00. The van der Waals surface area contributed by atoms with E-state index >= 15 is 0 Å². The second-order valence-corrected chi connectivity index (χ2v) is 8.82. The lowest BCUT2D eigenvalue weighted by Gasteiger charge is -2.17. The number of hydrogen-bond donors (Lipinski definition) is 1. The Morgan fingerprint density at radius 2 is 1.94 bits per heavy atom. The number of aromatic nitrogens is 3. The van der Waals surface area contributed by atoms with E-state index in [2.05, 4.69) is 10.3 Å². The maximum absolute atomic E-state index is 13.4. The standard InChI is InChI=1S/C24H20N4O4S/c1-14-6-5-11-25-21(14)28-23(30)17-7-3-4-8-18(17)27-24(28)33-15(2)22(29)26-16-9-10-19-20(12-16)32-13-31-19/h3-12,15H,13H2,1-2H3,(H,26,29). The Labute approximate surface area is 193 Å². The number of nitrogens with zero attached hydrogens (tertiary/aromatic N) is 3. The first-order chi connectivity index (χ1) is 16.0. The van der Waals surface area contributed by atoms with E-state index in [-0.39, 0.29) is 18.3 Å². The van der Waals surface area contributed by atoms with Crippen LogP contribution < -0.4 is 20.3 Å². The van der Waals surface area contributed by atoms with Gasteiger partial charge in [-0.05, 0) is 49.7 Å². The molecule has 9 heteroatoms. The normalized spacial score (nSPS) is 13.2. The van der Waals surface area contributed by atoms with E-state index in [1.54, 1.807) is 49.5 Å². The number of carbonyl (C=O) groups is 1. The Kier molecular flexibility index (Phi) is 5.47. The van der Waals surface area contributed by atoms with Gasteiger partial charge in [-0.1, -0.05) is 30.0 Å². The summed E-state index contributed by atoms with van der Waals surface area (Å²) in [5, 5.41) is 3.23. The van der Waals surface area contributed by atoms with Gasteiger partial charge in [-0.3, -0.25) is 9.59 Å². The summed E-state index contributed by atoms with van der Waals surface area (Å²) in [6.07, 6.45) is 1.63. The van der Waals surface area contributed by atoms with Gasteiger partial charge in [-0.25, -0.2) is 14.5 Å². The molecular weight excluding hydrogens is 440 g/mol. The second-order valence-electron chi connectivity index (χ2n) is 7.51. The van der Waals surface area contributed by atoms with Gasteiger partial charge in [0.05, 0.1) is 16.2 Å². The molecule has 0 saturated heterocycles. The molecule has 0 aliphatic carbocycles. The molecule has 1 aliphatic heterocycles. The van der Waals surface area contributed by atoms with Crippen LogP contribution in [0.4, 0.5) is 5.69 Å². The molecule has 0 fully saturated rings. The number of anilines is 1. The first-order valence-electron chi connectivity index (χ1n) is 10.3. The van der Waals surface area contributed by atoms with Gasteiger partial charge in [0.2, 0.25) is 12.7 Å². The van der Waals surface area contributed by atoms with E-state index in [0.29, 0.717) is 39.1 Å². The number of nitrogens with one attached hydrogen (secondary N) is 1. The van der Waals surface area contributed by atoms with Crippen LogP contribution in [-0.4, -0.2) is 32.5 Å². The number of hydrogen-bond acceptors (Lipinski definition) is 7. The van der Waals surface area contributed by atoms with E-state index in [1.165, 1.54) is 16.3 Å². The summed E-state index contributed by atoms with van der Waals surface area (Å²) in [6.45, 7) is 3.81. The quantitative estimate of drug-likeness (QED) is 0.356. The summed E-state index contributed by atoms with van der Waals surface area (Å²) in [5.41, 5.74) is 1.77. The number of carbonyl (C=O) groups excluding carboxylic acids is 1. The third kappa shape index (κ3) is 4.03. The van der Waals surface area contributed by atoms with Crippen LogP contribution in [0.1, 0.15) is 12.5 Å². The maximum atomic E-state index is 13.4. The molecule has 0 spiro atoms. The first-order valence-corrected chi connectivity index (χ1v) is 11.2. The number of pyridine rings is 1. The van der Waals surface area contributed by atoms with Crippen LogP contribution in [-0.2, 0) is 4.79 Å². The second kappa shape index (κ2) is 8.59. The predicted molar refractivity (Wildman–Crippen MR) is 126 cm³/mol. The van der Waals surface area contributed by atoms with Crippen molar-refractivity contribution in [1.82, 2.24) is 14.5 Å². The molecule has 5 rings (SSSR count). The van der Waals surface area contributed by atoms with E-state index < -0.39 is 5.25 Å². The van der Waals surface area contributed by atoms with Crippen LogP contribution in [0.25, 0.3) is 16.7 Å². The molecule has 1 N–H and O–H groups in total. The Morgan fingerprint density at radius 1 is 1.12 bits per heavy atom. The molecule has 0 bridgehead atoms. The van der Waals surface area contributed by atoms with Crippen LogP contribution in [0.15, 0.2) is 70.7 Å². The fourth-order valence-corrected chi connectivity index (χ4v) is 4.43. The zero-order chi connectivity index (χ0) is 22.9. The molecule has 166 valence electrons.